The molecule has 5 nitrogen and oxygen atoms in total. The number of carbonyl (C=O) groups excluding carboxylic acids is 1. The number of nitrogens with one attached hydrogen (secondary N) is 1. The Labute approximate surface area is 144 Å². The van der Waals surface area contributed by atoms with Crippen LogP contribution in [0, 0.1) is 0 Å². The second-order valence-corrected chi connectivity index (χ2v) is 5.62. The minimum absolute atomic E-state index is 0.0534. The van der Waals surface area contributed by atoms with Crippen LogP contribution in [0.1, 0.15) is 15.9 Å². The number of fused-ring (bicyclic) bond motifs is 1. The maximum atomic E-state index is 12.8. The fraction of sp³-hybridized carbons (Fsp3) is 0.0500. The number of ether oxygens (including phenoxy) is 1. The highest BCUT2D eigenvalue weighted by Gasteiger charge is 2.15. The molecule has 0 unspecified atom stereocenters. The van der Waals surface area contributed by atoms with Crippen molar-refractivity contribution in [3.8, 4) is 16.9 Å². The Kier molecular flexibility index (Phi) is 3.74. The van der Waals surface area contributed by atoms with E-state index >= 15 is 0 Å². The monoisotopic (exact) mass is 329 g/mol. The predicted molar refractivity (Wildman–Crippen MR) is 95.8 cm³/mol. The molecule has 0 radical (unpaired) electrons. The average Bonchev–Trinajstić information content (AvgIpc) is 3.11. The van der Waals surface area contributed by atoms with Crippen LogP contribution >= 0.6 is 0 Å². The van der Waals surface area contributed by atoms with Crippen LogP contribution in [-0.4, -0.2) is 27.8 Å². The molecule has 0 atom stereocenters. The van der Waals surface area contributed by atoms with Gasteiger partial charge in [-0.1, -0.05) is 12.1 Å². The van der Waals surface area contributed by atoms with Gasteiger partial charge in [0.05, 0.1) is 7.11 Å². The SMILES string of the molecule is COc1ccc(-c2cnc3[nH]cc(C(=O)c4ccncc4)c3c2)cc1. The molecule has 3 aromatic heterocycles. The van der Waals surface area contributed by atoms with E-state index in [1.165, 1.54) is 0 Å². The predicted octanol–water partition coefficient (Wildman–Crippen LogP) is 3.86. The first-order chi connectivity index (χ1) is 12.3. The fourth-order valence-electron chi connectivity index (χ4n) is 2.79. The van der Waals surface area contributed by atoms with Gasteiger partial charge >= 0.3 is 0 Å². The van der Waals surface area contributed by atoms with Gasteiger partial charge in [0, 0.05) is 46.9 Å². The van der Waals surface area contributed by atoms with Gasteiger partial charge in [-0.3, -0.25) is 9.78 Å². The molecule has 0 saturated carbocycles. The lowest BCUT2D eigenvalue weighted by Crippen LogP contribution is -2.00. The topological polar surface area (TPSA) is 67.9 Å². The summed E-state index contributed by atoms with van der Waals surface area (Å²) in [6, 6.07) is 13.1. The Morgan fingerprint density at radius 3 is 2.52 bits per heavy atom. The summed E-state index contributed by atoms with van der Waals surface area (Å²) in [6.45, 7) is 0. The molecule has 5 heteroatoms. The van der Waals surface area contributed by atoms with Crippen LogP contribution < -0.4 is 4.74 Å². The maximum absolute atomic E-state index is 12.8. The maximum Gasteiger partial charge on any atom is 0.195 e. The number of hydrogen-bond donors (Lipinski definition) is 1. The second-order valence-electron chi connectivity index (χ2n) is 5.62. The van der Waals surface area contributed by atoms with Gasteiger partial charge in [0.15, 0.2) is 5.78 Å². The number of carbonyl (C=O) groups is 1. The van der Waals surface area contributed by atoms with Crippen molar-refractivity contribution in [1.29, 1.82) is 0 Å². The van der Waals surface area contributed by atoms with E-state index in [-0.39, 0.29) is 5.78 Å². The number of benzene rings is 1. The zero-order chi connectivity index (χ0) is 17.2. The average molecular weight is 329 g/mol. The summed E-state index contributed by atoms with van der Waals surface area (Å²) < 4.78 is 5.19. The van der Waals surface area contributed by atoms with Crippen molar-refractivity contribution in [2.75, 3.05) is 7.11 Å². The van der Waals surface area contributed by atoms with Crippen LogP contribution in [0.4, 0.5) is 0 Å². The summed E-state index contributed by atoms with van der Waals surface area (Å²) >= 11 is 0. The molecular weight excluding hydrogens is 314 g/mol. The number of methoxy groups -OCH3 is 1. The van der Waals surface area contributed by atoms with E-state index in [0.717, 1.165) is 22.3 Å². The van der Waals surface area contributed by atoms with Gasteiger partial charge in [0.2, 0.25) is 0 Å². The number of aromatic nitrogens is 3. The zero-order valence-corrected chi connectivity index (χ0v) is 13.6. The van der Waals surface area contributed by atoms with E-state index in [9.17, 15) is 4.79 Å². The number of hydrogen-bond acceptors (Lipinski definition) is 4. The van der Waals surface area contributed by atoms with Crippen LogP contribution in [0.2, 0.25) is 0 Å². The van der Waals surface area contributed by atoms with Crippen LogP contribution in [0.25, 0.3) is 22.2 Å². The zero-order valence-electron chi connectivity index (χ0n) is 13.6. The summed E-state index contributed by atoms with van der Waals surface area (Å²) in [6.07, 6.45) is 6.73. The van der Waals surface area contributed by atoms with Crippen molar-refractivity contribution in [3.63, 3.8) is 0 Å². The Morgan fingerprint density at radius 1 is 1.04 bits per heavy atom. The van der Waals surface area contributed by atoms with Crippen LogP contribution in [0.5, 0.6) is 5.75 Å². The highest BCUT2D eigenvalue weighted by atomic mass is 16.5. The highest BCUT2D eigenvalue weighted by molar-refractivity contribution is 6.16. The van der Waals surface area contributed by atoms with Crippen molar-refractivity contribution >= 4 is 16.8 Å². The molecule has 0 aliphatic rings. The largest absolute Gasteiger partial charge is 0.497 e. The molecule has 1 aromatic carbocycles. The molecule has 0 aliphatic heterocycles. The molecule has 0 spiro atoms. The molecular formula is C20H15N3O2. The quantitative estimate of drug-likeness (QED) is 0.577. The first kappa shape index (κ1) is 15.1. The summed E-state index contributed by atoms with van der Waals surface area (Å²) in [4.78, 5) is 24.2. The van der Waals surface area contributed by atoms with E-state index in [0.29, 0.717) is 16.8 Å². The van der Waals surface area contributed by atoms with Gasteiger partial charge in [-0.25, -0.2) is 4.98 Å². The summed E-state index contributed by atoms with van der Waals surface area (Å²) in [5, 5.41) is 0.801. The number of pyridine rings is 2. The van der Waals surface area contributed by atoms with Crippen molar-refractivity contribution in [2.45, 2.75) is 0 Å². The summed E-state index contributed by atoms with van der Waals surface area (Å²) in [7, 11) is 1.64. The molecule has 0 aliphatic carbocycles. The van der Waals surface area contributed by atoms with Crippen molar-refractivity contribution in [3.05, 3.63) is 78.4 Å². The third kappa shape index (κ3) is 2.76. The first-order valence-electron chi connectivity index (χ1n) is 7.82. The molecule has 0 fully saturated rings. The Balaban J connectivity index is 1.78. The van der Waals surface area contributed by atoms with Crippen LogP contribution in [-0.2, 0) is 0 Å². The molecule has 1 N–H and O–H groups in total. The lowest BCUT2D eigenvalue weighted by Gasteiger charge is -2.05. The fourth-order valence-corrected chi connectivity index (χ4v) is 2.79. The Morgan fingerprint density at radius 2 is 1.80 bits per heavy atom. The first-order valence-corrected chi connectivity index (χ1v) is 7.82. The molecule has 25 heavy (non-hydrogen) atoms. The smallest absolute Gasteiger partial charge is 0.195 e. The molecule has 4 aromatic rings. The van der Waals surface area contributed by atoms with E-state index in [1.54, 1.807) is 44.0 Å². The lowest BCUT2D eigenvalue weighted by atomic mass is 10.0. The van der Waals surface area contributed by atoms with Crippen molar-refractivity contribution < 1.29 is 9.53 Å². The van der Waals surface area contributed by atoms with E-state index in [1.807, 2.05) is 30.3 Å². The summed E-state index contributed by atoms with van der Waals surface area (Å²) in [5.74, 6) is 0.746. The van der Waals surface area contributed by atoms with E-state index in [2.05, 4.69) is 15.0 Å². The number of rotatable bonds is 4. The van der Waals surface area contributed by atoms with Crippen LogP contribution in [0.3, 0.4) is 0 Å². The van der Waals surface area contributed by atoms with Crippen molar-refractivity contribution in [2.24, 2.45) is 0 Å². The third-order valence-corrected chi connectivity index (χ3v) is 4.14. The number of H-pyrrole nitrogens is 1. The van der Waals surface area contributed by atoms with Gasteiger partial charge < -0.3 is 9.72 Å². The van der Waals surface area contributed by atoms with Gasteiger partial charge in [0.25, 0.3) is 0 Å². The number of ketones is 1. The number of aromatic amines is 1. The van der Waals surface area contributed by atoms with E-state index < -0.39 is 0 Å². The van der Waals surface area contributed by atoms with Gasteiger partial charge in [-0.05, 0) is 35.9 Å². The van der Waals surface area contributed by atoms with E-state index in [4.69, 9.17) is 4.74 Å². The lowest BCUT2D eigenvalue weighted by molar-refractivity contribution is 0.104. The number of nitrogens with zero attached hydrogens (tertiary/aromatic N) is 2. The molecule has 122 valence electrons. The third-order valence-electron chi connectivity index (χ3n) is 4.14. The molecule has 0 bridgehead atoms. The Bertz CT molecular complexity index is 1040. The van der Waals surface area contributed by atoms with Gasteiger partial charge in [-0.2, -0.15) is 0 Å². The van der Waals surface area contributed by atoms with Gasteiger partial charge in [0.1, 0.15) is 11.4 Å². The highest BCUT2D eigenvalue weighted by Crippen LogP contribution is 2.27. The van der Waals surface area contributed by atoms with Gasteiger partial charge in [-0.15, -0.1) is 0 Å². The summed E-state index contributed by atoms with van der Waals surface area (Å²) in [5.41, 5.74) is 3.85. The Hall–Kier alpha value is -3.47. The standard InChI is InChI=1S/C20H15N3O2/c1-25-16-4-2-13(3-5-16)15-10-17-18(12-23-20(17)22-11-15)19(24)14-6-8-21-9-7-14/h2-12H,1H3,(H,22,23). The molecule has 3 heterocycles. The minimum Gasteiger partial charge on any atom is -0.497 e. The molecule has 0 saturated heterocycles. The molecule has 0 amide bonds. The normalized spacial score (nSPS) is 10.8. The minimum atomic E-state index is -0.0534. The second kappa shape index (κ2) is 6.20. The molecule has 4 rings (SSSR count). The van der Waals surface area contributed by atoms with Crippen molar-refractivity contribution in [1.82, 2.24) is 15.0 Å². The van der Waals surface area contributed by atoms with Crippen LogP contribution in [0.15, 0.2) is 67.3 Å².